The number of rotatable bonds is 7. The molecule has 0 aliphatic carbocycles. The third-order valence-electron chi connectivity index (χ3n) is 2.49. The van der Waals surface area contributed by atoms with E-state index in [1.165, 1.54) is 18.4 Å². The van der Waals surface area contributed by atoms with E-state index in [9.17, 15) is 0 Å². The number of aryl methyl sites for hydroxylation is 1. The standard InChI is InChI=1S/C13H22N2/c1-12(11-14-2)15-10-6-9-13-7-4-3-5-8-13/h3-5,7-8,12,14-15H,6,9-11H2,1-2H3. The summed E-state index contributed by atoms with van der Waals surface area (Å²) >= 11 is 0. The van der Waals surface area contributed by atoms with Crippen LogP contribution in [0, 0.1) is 0 Å². The van der Waals surface area contributed by atoms with Crippen LogP contribution in [-0.4, -0.2) is 26.2 Å². The van der Waals surface area contributed by atoms with Crippen molar-refractivity contribution in [2.45, 2.75) is 25.8 Å². The summed E-state index contributed by atoms with van der Waals surface area (Å²) in [5.74, 6) is 0. The summed E-state index contributed by atoms with van der Waals surface area (Å²) in [5, 5.41) is 6.65. The average Bonchev–Trinajstić information content (AvgIpc) is 2.26. The van der Waals surface area contributed by atoms with Crippen molar-refractivity contribution in [2.24, 2.45) is 0 Å². The van der Waals surface area contributed by atoms with Crippen LogP contribution in [0.3, 0.4) is 0 Å². The van der Waals surface area contributed by atoms with Crippen LogP contribution in [0.25, 0.3) is 0 Å². The molecule has 0 aromatic heterocycles. The van der Waals surface area contributed by atoms with Gasteiger partial charge in [0.05, 0.1) is 0 Å². The molecular formula is C13H22N2. The van der Waals surface area contributed by atoms with Gasteiger partial charge in [0.15, 0.2) is 0 Å². The molecular weight excluding hydrogens is 184 g/mol. The fourth-order valence-corrected chi connectivity index (χ4v) is 1.66. The maximum atomic E-state index is 3.49. The smallest absolute Gasteiger partial charge is 0.0164 e. The third kappa shape index (κ3) is 5.55. The van der Waals surface area contributed by atoms with E-state index < -0.39 is 0 Å². The largest absolute Gasteiger partial charge is 0.318 e. The molecule has 1 atom stereocenters. The summed E-state index contributed by atoms with van der Waals surface area (Å²) in [6, 6.07) is 11.2. The lowest BCUT2D eigenvalue weighted by atomic mass is 10.1. The first kappa shape index (κ1) is 12.2. The zero-order valence-electron chi connectivity index (χ0n) is 9.79. The number of hydrogen-bond acceptors (Lipinski definition) is 2. The van der Waals surface area contributed by atoms with E-state index in [0.29, 0.717) is 6.04 Å². The first-order chi connectivity index (χ1) is 7.33. The van der Waals surface area contributed by atoms with Crippen LogP contribution in [0.5, 0.6) is 0 Å². The third-order valence-corrected chi connectivity index (χ3v) is 2.49. The van der Waals surface area contributed by atoms with E-state index in [4.69, 9.17) is 0 Å². The highest BCUT2D eigenvalue weighted by Crippen LogP contribution is 2.01. The van der Waals surface area contributed by atoms with Crippen LogP contribution in [0.2, 0.25) is 0 Å². The summed E-state index contributed by atoms with van der Waals surface area (Å²) in [5.41, 5.74) is 1.43. The van der Waals surface area contributed by atoms with Crippen LogP contribution in [0.4, 0.5) is 0 Å². The van der Waals surface area contributed by atoms with E-state index in [1.54, 1.807) is 0 Å². The Bertz CT molecular complexity index is 246. The van der Waals surface area contributed by atoms with Crippen LogP contribution in [-0.2, 0) is 6.42 Å². The lowest BCUT2D eigenvalue weighted by Crippen LogP contribution is -2.35. The Labute approximate surface area is 93.1 Å². The second kappa shape index (κ2) is 7.43. The van der Waals surface area contributed by atoms with Gasteiger partial charge in [-0.3, -0.25) is 0 Å². The van der Waals surface area contributed by atoms with Crippen LogP contribution in [0.1, 0.15) is 18.9 Å². The fraction of sp³-hybridized carbons (Fsp3) is 0.538. The minimum Gasteiger partial charge on any atom is -0.318 e. The molecule has 0 amide bonds. The number of likely N-dealkylation sites (N-methyl/N-ethyl adjacent to an activating group) is 1. The quantitative estimate of drug-likeness (QED) is 0.665. The first-order valence-electron chi connectivity index (χ1n) is 5.75. The summed E-state index contributed by atoms with van der Waals surface area (Å²) < 4.78 is 0. The van der Waals surface area contributed by atoms with Crippen molar-refractivity contribution >= 4 is 0 Å². The van der Waals surface area contributed by atoms with Gasteiger partial charge >= 0.3 is 0 Å². The van der Waals surface area contributed by atoms with Crippen LogP contribution >= 0.6 is 0 Å². The van der Waals surface area contributed by atoms with E-state index in [0.717, 1.165) is 13.1 Å². The molecule has 0 radical (unpaired) electrons. The molecule has 1 rings (SSSR count). The SMILES string of the molecule is CNCC(C)NCCCc1ccccc1. The first-order valence-corrected chi connectivity index (χ1v) is 5.75. The van der Waals surface area contributed by atoms with Gasteiger partial charge in [-0.15, -0.1) is 0 Å². The molecule has 1 aromatic rings. The summed E-state index contributed by atoms with van der Waals surface area (Å²) in [4.78, 5) is 0. The second-order valence-corrected chi connectivity index (χ2v) is 4.00. The van der Waals surface area contributed by atoms with E-state index >= 15 is 0 Å². The van der Waals surface area contributed by atoms with Gasteiger partial charge in [-0.05, 0) is 38.9 Å². The molecule has 0 aliphatic rings. The molecule has 1 unspecified atom stereocenters. The van der Waals surface area contributed by atoms with Crippen molar-refractivity contribution in [1.29, 1.82) is 0 Å². The molecule has 0 heterocycles. The molecule has 0 saturated carbocycles. The minimum atomic E-state index is 0.561. The highest BCUT2D eigenvalue weighted by atomic mass is 15.0. The summed E-state index contributed by atoms with van der Waals surface area (Å²) in [6.45, 7) is 4.34. The van der Waals surface area contributed by atoms with Gasteiger partial charge in [-0.1, -0.05) is 30.3 Å². The number of benzene rings is 1. The number of hydrogen-bond donors (Lipinski definition) is 2. The second-order valence-electron chi connectivity index (χ2n) is 4.00. The predicted molar refractivity (Wildman–Crippen MR) is 66.2 cm³/mol. The topological polar surface area (TPSA) is 24.1 Å². The predicted octanol–water partition coefficient (Wildman–Crippen LogP) is 1.82. The summed E-state index contributed by atoms with van der Waals surface area (Å²) in [6.07, 6.45) is 2.37. The number of nitrogens with one attached hydrogen (secondary N) is 2. The maximum absolute atomic E-state index is 3.49. The van der Waals surface area contributed by atoms with Gasteiger partial charge in [0.25, 0.3) is 0 Å². The highest BCUT2D eigenvalue weighted by Gasteiger charge is 1.98. The Kier molecular flexibility index (Phi) is 6.05. The Morgan fingerprint density at radius 3 is 2.60 bits per heavy atom. The van der Waals surface area contributed by atoms with Crippen LogP contribution in [0.15, 0.2) is 30.3 Å². The minimum absolute atomic E-state index is 0.561. The normalized spacial score (nSPS) is 12.7. The maximum Gasteiger partial charge on any atom is 0.0164 e. The fourth-order valence-electron chi connectivity index (χ4n) is 1.66. The molecule has 84 valence electrons. The molecule has 1 aromatic carbocycles. The summed E-state index contributed by atoms with van der Waals surface area (Å²) in [7, 11) is 1.99. The molecule has 0 spiro atoms. The van der Waals surface area contributed by atoms with Crippen molar-refractivity contribution in [3.05, 3.63) is 35.9 Å². The molecule has 0 saturated heterocycles. The Morgan fingerprint density at radius 2 is 1.93 bits per heavy atom. The molecule has 2 heteroatoms. The van der Waals surface area contributed by atoms with Gasteiger partial charge in [0.2, 0.25) is 0 Å². The van der Waals surface area contributed by atoms with Gasteiger partial charge in [-0.25, -0.2) is 0 Å². The Hall–Kier alpha value is -0.860. The lowest BCUT2D eigenvalue weighted by molar-refractivity contribution is 0.515. The van der Waals surface area contributed by atoms with Gasteiger partial charge < -0.3 is 10.6 Å². The average molecular weight is 206 g/mol. The van der Waals surface area contributed by atoms with Crippen molar-refractivity contribution < 1.29 is 0 Å². The van der Waals surface area contributed by atoms with Crippen molar-refractivity contribution in [3.8, 4) is 0 Å². The van der Waals surface area contributed by atoms with E-state index in [1.807, 2.05) is 7.05 Å². The monoisotopic (exact) mass is 206 g/mol. The van der Waals surface area contributed by atoms with Crippen molar-refractivity contribution in [3.63, 3.8) is 0 Å². The highest BCUT2D eigenvalue weighted by molar-refractivity contribution is 5.14. The molecule has 15 heavy (non-hydrogen) atoms. The van der Waals surface area contributed by atoms with E-state index in [-0.39, 0.29) is 0 Å². The molecule has 0 bridgehead atoms. The molecule has 2 N–H and O–H groups in total. The molecule has 2 nitrogen and oxygen atoms in total. The van der Waals surface area contributed by atoms with Crippen molar-refractivity contribution in [1.82, 2.24) is 10.6 Å². The zero-order valence-corrected chi connectivity index (χ0v) is 9.79. The Balaban J connectivity index is 2.07. The van der Waals surface area contributed by atoms with E-state index in [2.05, 4.69) is 47.9 Å². The molecule has 0 aliphatic heterocycles. The van der Waals surface area contributed by atoms with Gasteiger partial charge in [0, 0.05) is 12.6 Å². The lowest BCUT2D eigenvalue weighted by Gasteiger charge is -2.12. The van der Waals surface area contributed by atoms with Crippen LogP contribution < -0.4 is 10.6 Å². The van der Waals surface area contributed by atoms with Gasteiger partial charge in [-0.2, -0.15) is 0 Å². The molecule has 0 fully saturated rings. The van der Waals surface area contributed by atoms with Crippen molar-refractivity contribution in [2.75, 3.05) is 20.1 Å². The zero-order chi connectivity index (χ0) is 10.9. The Morgan fingerprint density at radius 1 is 1.20 bits per heavy atom. The van der Waals surface area contributed by atoms with Gasteiger partial charge in [0.1, 0.15) is 0 Å².